The molecule has 1 heterocycles. The highest BCUT2D eigenvalue weighted by molar-refractivity contribution is 6.78. The number of hydrogen-bond donors (Lipinski definition) is 1. The molecule has 0 aromatic heterocycles. The highest BCUT2D eigenvalue weighted by Gasteiger charge is 2.46. The minimum atomic E-state index is -1.62. The van der Waals surface area contributed by atoms with Crippen molar-refractivity contribution < 1.29 is 19.4 Å². The third-order valence-corrected chi connectivity index (χ3v) is 5.32. The van der Waals surface area contributed by atoms with Crippen LogP contribution in [0.3, 0.4) is 0 Å². The number of amides is 1. The van der Waals surface area contributed by atoms with Gasteiger partial charge in [0.15, 0.2) is 0 Å². The summed E-state index contributed by atoms with van der Waals surface area (Å²) >= 11 is 0. The third-order valence-electron chi connectivity index (χ3n) is 2.63. The Balaban J connectivity index is 2.81. The van der Waals surface area contributed by atoms with Gasteiger partial charge in [0, 0.05) is 6.17 Å². The number of ether oxygens (including phenoxy) is 1. The first-order valence-electron chi connectivity index (χ1n) is 5.74. The highest BCUT2D eigenvalue weighted by Crippen LogP contribution is 2.28. The molecular formula is C11H21NO4Si. The van der Waals surface area contributed by atoms with Crippen molar-refractivity contribution in [2.75, 3.05) is 6.17 Å². The van der Waals surface area contributed by atoms with E-state index in [0.717, 1.165) is 0 Å². The van der Waals surface area contributed by atoms with Crippen LogP contribution in [0.4, 0.5) is 4.79 Å². The van der Waals surface area contributed by atoms with Crippen LogP contribution in [-0.4, -0.2) is 48.0 Å². The largest absolute Gasteiger partial charge is 0.480 e. The van der Waals surface area contributed by atoms with E-state index in [0.29, 0.717) is 12.2 Å². The van der Waals surface area contributed by atoms with Crippen LogP contribution in [0.2, 0.25) is 19.1 Å². The number of nitrogens with zero attached hydrogens (tertiary/aromatic N) is 1. The molecule has 17 heavy (non-hydrogen) atoms. The van der Waals surface area contributed by atoms with E-state index in [2.05, 4.69) is 13.1 Å². The van der Waals surface area contributed by atoms with Crippen LogP contribution in [0.5, 0.6) is 0 Å². The summed E-state index contributed by atoms with van der Waals surface area (Å²) in [6, 6.07) is -0.117. The molecule has 1 saturated heterocycles. The first-order chi connectivity index (χ1) is 7.52. The first kappa shape index (κ1) is 14.0. The van der Waals surface area contributed by atoms with E-state index in [1.54, 1.807) is 20.8 Å². The number of carboxylic acid groups (broad SMARTS) is 1. The fourth-order valence-electron chi connectivity index (χ4n) is 2.00. The fourth-order valence-corrected chi connectivity index (χ4v) is 4.85. The van der Waals surface area contributed by atoms with Crippen LogP contribution in [0.15, 0.2) is 0 Å². The van der Waals surface area contributed by atoms with Crippen LogP contribution in [-0.2, 0) is 9.53 Å². The number of rotatable bonds is 1. The molecule has 6 heteroatoms. The second-order valence-electron chi connectivity index (χ2n) is 6.33. The van der Waals surface area contributed by atoms with Gasteiger partial charge in [-0.2, -0.15) is 0 Å². The van der Waals surface area contributed by atoms with Crippen molar-refractivity contribution in [2.24, 2.45) is 0 Å². The molecule has 1 fully saturated rings. The molecule has 1 rings (SSSR count). The summed E-state index contributed by atoms with van der Waals surface area (Å²) in [4.78, 5) is 24.4. The smallest absolute Gasteiger partial charge is 0.410 e. The molecule has 1 aliphatic heterocycles. The lowest BCUT2D eigenvalue weighted by Gasteiger charge is -2.27. The van der Waals surface area contributed by atoms with Crippen molar-refractivity contribution in [1.82, 2.24) is 4.90 Å². The summed E-state index contributed by atoms with van der Waals surface area (Å²) in [7, 11) is -1.62. The van der Waals surface area contributed by atoms with Crippen molar-refractivity contribution in [1.29, 1.82) is 0 Å². The Labute approximate surface area is 103 Å². The molecule has 0 unspecified atom stereocenters. The number of aliphatic carboxylic acids is 1. The summed E-state index contributed by atoms with van der Waals surface area (Å²) < 4.78 is 5.24. The Morgan fingerprint density at radius 1 is 1.35 bits per heavy atom. The Kier molecular flexibility index (Phi) is 3.57. The molecule has 1 amide bonds. The van der Waals surface area contributed by atoms with Gasteiger partial charge in [0.05, 0.1) is 8.07 Å². The van der Waals surface area contributed by atoms with Gasteiger partial charge in [-0.15, -0.1) is 0 Å². The van der Waals surface area contributed by atoms with E-state index >= 15 is 0 Å². The van der Waals surface area contributed by atoms with E-state index in [1.165, 1.54) is 4.90 Å². The maximum atomic E-state index is 11.9. The normalized spacial score (nSPS) is 23.6. The van der Waals surface area contributed by atoms with Crippen molar-refractivity contribution in [3.8, 4) is 0 Å². The molecule has 5 nitrogen and oxygen atoms in total. The molecule has 0 bridgehead atoms. The van der Waals surface area contributed by atoms with E-state index in [4.69, 9.17) is 9.84 Å². The van der Waals surface area contributed by atoms with Gasteiger partial charge in [0.1, 0.15) is 11.6 Å². The number of carboxylic acids is 1. The number of carbonyl (C=O) groups is 2. The van der Waals surface area contributed by atoms with Gasteiger partial charge in [-0.25, -0.2) is 9.59 Å². The summed E-state index contributed by atoms with van der Waals surface area (Å²) in [5.41, 5.74) is -0.589. The van der Waals surface area contributed by atoms with Gasteiger partial charge in [-0.05, 0) is 26.8 Å². The van der Waals surface area contributed by atoms with E-state index in [-0.39, 0.29) is 0 Å². The first-order valence-corrected chi connectivity index (χ1v) is 9.16. The predicted octanol–water partition coefficient (Wildman–Crippen LogP) is 1.94. The lowest BCUT2D eigenvalue weighted by Crippen LogP contribution is -2.44. The molecule has 0 saturated carbocycles. The van der Waals surface area contributed by atoms with Gasteiger partial charge < -0.3 is 9.84 Å². The van der Waals surface area contributed by atoms with Crippen molar-refractivity contribution in [3.05, 3.63) is 0 Å². The van der Waals surface area contributed by atoms with Gasteiger partial charge >= 0.3 is 12.1 Å². The molecule has 0 spiro atoms. The van der Waals surface area contributed by atoms with Crippen LogP contribution in [0.25, 0.3) is 0 Å². The Morgan fingerprint density at radius 2 is 1.88 bits per heavy atom. The zero-order valence-electron chi connectivity index (χ0n) is 11.1. The van der Waals surface area contributed by atoms with Crippen LogP contribution in [0, 0.1) is 0 Å². The molecule has 0 aliphatic carbocycles. The predicted molar refractivity (Wildman–Crippen MR) is 66.7 cm³/mol. The SMILES string of the molecule is CC(C)(C)OC(=O)N1C[Si](C)(C)C[C@@H]1C(=O)O. The summed E-state index contributed by atoms with van der Waals surface area (Å²) in [6.07, 6.45) is 0.0433. The Morgan fingerprint density at radius 3 is 2.29 bits per heavy atom. The van der Waals surface area contributed by atoms with Crippen LogP contribution >= 0.6 is 0 Å². The summed E-state index contributed by atoms with van der Waals surface area (Å²) in [6.45, 7) is 9.51. The maximum Gasteiger partial charge on any atom is 0.410 e. The average Bonchev–Trinajstić information content (AvgIpc) is 2.38. The second-order valence-corrected chi connectivity index (χ2v) is 11.4. The Bertz CT molecular complexity index is 335. The van der Waals surface area contributed by atoms with Gasteiger partial charge in [-0.1, -0.05) is 13.1 Å². The maximum absolute atomic E-state index is 11.9. The minimum Gasteiger partial charge on any atom is -0.480 e. The molecule has 1 aliphatic rings. The number of carbonyl (C=O) groups excluding carboxylic acids is 1. The summed E-state index contributed by atoms with van der Waals surface area (Å²) in [5, 5.41) is 9.14. The van der Waals surface area contributed by atoms with Gasteiger partial charge in [0.2, 0.25) is 0 Å². The van der Waals surface area contributed by atoms with E-state index < -0.39 is 31.8 Å². The van der Waals surface area contributed by atoms with E-state index in [1.807, 2.05) is 0 Å². The highest BCUT2D eigenvalue weighted by atomic mass is 28.3. The van der Waals surface area contributed by atoms with Gasteiger partial charge in [0.25, 0.3) is 0 Å². The topological polar surface area (TPSA) is 66.8 Å². The molecule has 0 aromatic carbocycles. The molecule has 1 atom stereocenters. The van der Waals surface area contributed by atoms with Crippen molar-refractivity contribution in [2.45, 2.75) is 51.6 Å². The Hall–Kier alpha value is -1.04. The van der Waals surface area contributed by atoms with Crippen LogP contribution < -0.4 is 0 Å². The number of hydrogen-bond acceptors (Lipinski definition) is 3. The lowest BCUT2D eigenvalue weighted by molar-refractivity contribution is -0.141. The van der Waals surface area contributed by atoms with E-state index in [9.17, 15) is 9.59 Å². The minimum absolute atomic E-state index is 0.511. The molecular weight excluding hydrogens is 238 g/mol. The quantitative estimate of drug-likeness (QED) is 0.731. The standard InChI is InChI=1S/C11H21NO4Si/c1-11(2,3)16-10(15)12-7-17(4,5)6-8(12)9(13)14/h8H,6-7H2,1-5H3,(H,13,14)/t8-/m1/s1. The third kappa shape index (κ3) is 3.73. The molecule has 1 N–H and O–H groups in total. The zero-order valence-corrected chi connectivity index (χ0v) is 12.1. The van der Waals surface area contributed by atoms with Gasteiger partial charge in [-0.3, -0.25) is 4.90 Å². The van der Waals surface area contributed by atoms with Crippen molar-refractivity contribution in [3.63, 3.8) is 0 Å². The van der Waals surface area contributed by atoms with Crippen molar-refractivity contribution >= 4 is 20.1 Å². The fraction of sp³-hybridized carbons (Fsp3) is 0.818. The molecule has 0 aromatic rings. The zero-order chi connectivity index (χ0) is 13.4. The monoisotopic (exact) mass is 259 g/mol. The second kappa shape index (κ2) is 4.32. The average molecular weight is 259 g/mol. The summed E-state index contributed by atoms with van der Waals surface area (Å²) in [5.74, 6) is -0.936. The molecule has 98 valence electrons. The molecule has 0 radical (unpaired) electrons. The van der Waals surface area contributed by atoms with Crippen LogP contribution in [0.1, 0.15) is 20.8 Å². The lowest BCUT2D eigenvalue weighted by atomic mass is 10.2.